The van der Waals surface area contributed by atoms with Crippen molar-refractivity contribution in [2.24, 2.45) is 5.41 Å². The molecule has 0 aliphatic carbocycles. The van der Waals surface area contributed by atoms with Gasteiger partial charge in [-0.25, -0.2) is 4.79 Å². The lowest BCUT2D eigenvalue weighted by Crippen LogP contribution is -2.73. The number of nitrogens with one attached hydrogen (secondary N) is 1. The summed E-state index contributed by atoms with van der Waals surface area (Å²) in [5, 5.41) is 2.35. The van der Waals surface area contributed by atoms with Gasteiger partial charge in [0.2, 0.25) is 11.8 Å². The fraction of sp³-hybridized carbons (Fsp3) is 0.389. The summed E-state index contributed by atoms with van der Waals surface area (Å²) in [4.78, 5) is 41.5. The highest BCUT2D eigenvalue weighted by Crippen LogP contribution is 2.45. The second kappa shape index (κ2) is 5.84. The first kappa shape index (κ1) is 16.6. The molecule has 8 nitrogen and oxygen atoms in total. The lowest BCUT2D eigenvalue weighted by molar-refractivity contribution is -0.155. The van der Waals surface area contributed by atoms with Gasteiger partial charge in [-0.2, -0.15) is 0 Å². The summed E-state index contributed by atoms with van der Waals surface area (Å²) in [5.74, 6) is -1.10. The number of benzene rings is 1. The molecule has 2 fully saturated rings. The SMILES string of the molecule is C=CCN1C(=O)NC(=O)C2(Cc3cc(N)ccc3N3CCOCC32)C1=O. The molecule has 0 aromatic heterocycles. The van der Waals surface area contributed by atoms with Crippen LogP contribution < -0.4 is 16.0 Å². The summed E-state index contributed by atoms with van der Waals surface area (Å²) < 4.78 is 5.60. The number of carbonyl (C=O) groups is 3. The van der Waals surface area contributed by atoms with E-state index in [2.05, 4.69) is 11.9 Å². The minimum Gasteiger partial charge on any atom is -0.399 e. The number of nitrogens with zero attached hydrogens (tertiary/aromatic N) is 2. The Kier molecular flexibility index (Phi) is 3.73. The van der Waals surface area contributed by atoms with Gasteiger partial charge in [0.15, 0.2) is 5.41 Å². The van der Waals surface area contributed by atoms with Crippen LogP contribution in [0.3, 0.4) is 0 Å². The molecule has 1 spiro atoms. The molecule has 3 N–H and O–H groups in total. The van der Waals surface area contributed by atoms with Crippen molar-refractivity contribution in [1.82, 2.24) is 10.2 Å². The third-order valence-corrected chi connectivity index (χ3v) is 5.39. The zero-order valence-corrected chi connectivity index (χ0v) is 14.2. The highest BCUT2D eigenvalue weighted by atomic mass is 16.5. The molecular weight excluding hydrogens is 336 g/mol. The molecular formula is C18H20N4O4. The summed E-state index contributed by atoms with van der Waals surface area (Å²) in [6.07, 6.45) is 1.63. The number of hydrogen-bond donors (Lipinski definition) is 2. The Morgan fingerprint density at radius 2 is 2.19 bits per heavy atom. The number of nitrogen functional groups attached to an aromatic ring is 1. The number of morpholine rings is 1. The number of urea groups is 1. The topological polar surface area (TPSA) is 105 Å². The molecule has 4 rings (SSSR count). The van der Waals surface area contributed by atoms with Crippen LogP contribution in [-0.2, 0) is 20.7 Å². The molecule has 3 aliphatic rings. The lowest BCUT2D eigenvalue weighted by Gasteiger charge is -2.53. The van der Waals surface area contributed by atoms with Crippen molar-refractivity contribution in [2.45, 2.75) is 12.5 Å². The van der Waals surface area contributed by atoms with Gasteiger partial charge in [-0.1, -0.05) is 6.08 Å². The normalized spacial score (nSPS) is 27.8. The second-order valence-corrected chi connectivity index (χ2v) is 6.78. The average molecular weight is 356 g/mol. The number of rotatable bonds is 2. The van der Waals surface area contributed by atoms with Crippen LogP contribution in [0.1, 0.15) is 5.56 Å². The smallest absolute Gasteiger partial charge is 0.331 e. The molecule has 3 aliphatic heterocycles. The molecule has 26 heavy (non-hydrogen) atoms. The number of anilines is 2. The maximum Gasteiger partial charge on any atom is 0.331 e. The standard InChI is InChI=1S/C18H20N4O4/c1-2-5-22-16(24)18(15(23)20-17(22)25)9-11-8-12(19)3-4-13(11)21-6-7-26-10-14(18)21/h2-4,8,14H,1,5-7,9-10,19H2,(H,20,23,25). The summed E-state index contributed by atoms with van der Waals surface area (Å²) in [7, 11) is 0. The van der Waals surface area contributed by atoms with Crippen LogP contribution in [0.2, 0.25) is 0 Å². The van der Waals surface area contributed by atoms with Crippen LogP contribution in [-0.4, -0.2) is 55.1 Å². The molecule has 4 amide bonds. The number of barbiturate groups is 1. The minimum atomic E-state index is -1.43. The Balaban J connectivity index is 1.88. The number of imide groups is 2. The van der Waals surface area contributed by atoms with Crippen molar-refractivity contribution in [3.63, 3.8) is 0 Å². The molecule has 1 aromatic rings. The average Bonchev–Trinajstić information content (AvgIpc) is 2.63. The van der Waals surface area contributed by atoms with E-state index in [4.69, 9.17) is 10.5 Å². The van der Waals surface area contributed by atoms with E-state index in [1.54, 1.807) is 12.1 Å². The maximum absolute atomic E-state index is 13.3. The van der Waals surface area contributed by atoms with Crippen molar-refractivity contribution < 1.29 is 19.1 Å². The van der Waals surface area contributed by atoms with Gasteiger partial charge in [-0.05, 0) is 30.2 Å². The number of nitrogens with two attached hydrogens (primary N) is 1. The Bertz CT molecular complexity index is 823. The van der Waals surface area contributed by atoms with Crippen LogP contribution in [0, 0.1) is 5.41 Å². The molecule has 0 saturated carbocycles. The Labute approximate surface area is 150 Å². The summed E-state index contributed by atoms with van der Waals surface area (Å²) >= 11 is 0. The van der Waals surface area contributed by atoms with Gasteiger partial charge in [0.1, 0.15) is 0 Å². The Hall–Kier alpha value is -2.87. The third-order valence-electron chi connectivity index (χ3n) is 5.39. The van der Waals surface area contributed by atoms with Crippen LogP contribution in [0.25, 0.3) is 0 Å². The predicted octanol–water partition coefficient (Wildman–Crippen LogP) is 0.281. The van der Waals surface area contributed by atoms with Crippen LogP contribution in [0.15, 0.2) is 30.9 Å². The molecule has 0 bridgehead atoms. The van der Waals surface area contributed by atoms with Crippen LogP contribution in [0.4, 0.5) is 16.2 Å². The van der Waals surface area contributed by atoms with Gasteiger partial charge in [-0.15, -0.1) is 6.58 Å². The van der Waals surface area contributed by atoms with E-state index < -0.39 is 29.3 Å². The molecule has 0 radical (unpaired) electrons. The van der Waals surface area contributed by atoms with Crippen molar-refractivity contribution in [2.75, 3.05) is 36.9 Å². The van der Waals surface area contributed by atoms with E-state index in [1.807, 2.05) is 11.0 Å². The minimum absolute atomic E-state index is 0.0387. The largest absolute Gasteiger partial charge is 0.399 e. The molecule has 1 aromatic carbocycles. The number of hydrogen-bond acceptors (Lipinski definition) is 6. The van der Waals surface area contributed by atoms with E-state index >= 15 is 0 Å². The van der Waals surface area contributed by atoms with Gasteiger partial charge in [0.25, 0.3) is 0 Å². The van der Waals surface area contributed by atoms with Crippen molar-refractivity contribution in [1.29, 1.82) is 0 Å². The van der Waals surface area contributed by atoms with E-state index in [9.17, 15) is 14.4 Å². The van der Waals surface area contributed by atoms with E-state index in [1.165, 1.54) is 6.08 Å². The van der Waals surface area contributed by atoms with Gasteiger partial charge >= 0.3 is 6.03 Å². The first-order valence-electron chi connectivity index (χ1n) is 8.50. The lowest BCUT2D eigenvalue weighted by atomic mass is 9.68. The monoisotopic (exact) mass is 356 g/mol. The highest BCUT2D eigenvalue weighted by Gasteiger charge is 2.62. The molecule has 3 heterocycles. The number of ether oxygens (including phenoxy) is 1. The molecule has 2 saturated heterocycles. The predicted molar refractivity (Wildman–Crippen MR) is 94.4 cm³/mol. The molecule has 2 unspecified atom stereocenters. The maximum atomic E-state index is 13.3. The molecule has 136 valence electrons. The number of carbonyl (C=O) groups excluding carboxylic acids is 3. The van der Waals surface area contributed by atoms with Crippen molar-refractivity contribution in [3.8, 4) is 0 Å². The quantitative estimate of drug-likeness (QED) is 0.448. The van der Waals surface area contributed by atoms with Crippen molar-refractivity contribution >= 4 is 29.2 Å². The molecule has 8 heteroatoms. The fourth-order valence-corrected chi connectivity index (χ4v) is 4.20. The van der Waals surface area contributed by atoms with Crippen LogP contribution in [0.5, 0.6) is 0 Å². The van der Waals surface area contributed by atoms with Crippen molar-refractivity contribution in [3.05, 3.63) is 36.4 Å². The van der Waals surface area contributed by atoms with Gasteiger partial charge in [-0.3, -0.25) is 19.8 Å². The van der Waals surface area contributed by atoms with E-state index in [0.29, 0.717) is 18.8 Å². The summed E-state index contributed by atoms with van der Waals surface area (Å²) in [5.41, 5.74) is 6.83. The number of amides is 4. The Morgan fingerprint density at radius 1 is 1.38 bits per heavy atom. The first-order chi connectivity index (χ1) is 12.5. The first-order valence-corrected chi connectivity index (χ1v) is 8.50. The van der Waals surface area contributed by atoms with Gasteiger partial charge in [0, 0.05) is 24.5 Å². The number of fused-ring (bicyclic) bond motifs is 4. The fourth-order valence-electron chi connectivity index (χ4n) is 4.20. The van der Waals surface area contributed by atoms with Gasteiger partial charge in [0.05, 0.1) is 19.3 Å². The van der Waals surface area contributed by atoms with E-state index in [0.717, 1.165) is 16.2 Å². The zero-order valence-electron chi connectivity index (χ0n) is 14.2. The Morgan fingerprint density at radius 3 is 2.96 bits per heavy atom. The van der Waals surface area contributed by atoms with Gasteiger partial charge < -0.3 is 15.4 Å². The molecule has 2 atom stereocenters. The van der Waals surface area contributed by atoms with Crippen LogP contribution >= 0.6 is 0 Å². The summed E-state index contributed by atoms with van der Waals surface area (Å²) in [6, 6.07) is 4.30. The third kappa shape index (κ3) is 2.15. The summed E-state index contributed by atoms with van der Waals surface area (Å²) in [6.45, 7) is 4.93. The second-order valence-electron chi connectivity index (χ2n) is 6.78. The zero-order chi connectivity index (χ0) is 18.5. The highest BCUT2D eigenvalue weighted by molar-refractivity contribution is 6.20. The van der Waals surface area contributed by atoms with E-state index in [-0.39, 0.29) is 19.6 Å².